The maximum absolute atomic E-state index is 12.2. The van der Waals surface area contributed by atoms with Crippen LogP contribution in [-0.4, -0.2) is 24.8 Å². The van der Waals surface area contributed by atoms with Crippen LogP contribution in [0.15, 0.2) is 44.8 Å². The molecule has 4 rings (SSSR count). The first-order valence-electron chi connectivity index (χ1n) is 9.29. The Bertz CT molecular complexity index is 1200. The van der Waals surface area contributed by atoms with Crippen molar-refractivity contribution in [3.05, 3.63) is 57.0 Å². The van der Waals surface area contributed by atoms with Crippen molar-refractivity contribution in [3.8, 4) is 11.5 Å². The predicted molar refractivity (Wildman–Crippen MR) is 115 cm³/mol. The molecule has 0 saturated carbocycles. The van der Waals surface area contributed by atoms with Crippen molar-refractivity contribution < 1.29 is 4.42 Å². The fourth-order valence-electron chi connectivity index (χ4n) is 2.75. The Morgan fingerprint density at radius 2 is 1.93 bits per heavy atom. The summed E-state index contributed by atoms with van der Waals surface area (Å²) in [5.41, 5.74) is 2.72. The normalized spacial score (nSPS) is 12.0. The van der Waals surface area contributed by atoms with Gasteiger partial charge in [0.1, 0.15) is 5.01 Å². The zero-order chi connectivity index (χ0) is 20.6. The number of fused-ring (bicyclic) bond motifs is 1. The van der Waals surface area contributed by atoms with Gasteiger partial charge in [0.15, 0.2) is 0 Å². The fourth-order valence-corrected chi connectivity index (χ4v) is 4.26. The van der Waals surface area contributed by atoms with E-state index in [0.29, 0.717) is 27.5 Å². The van der Waals surface area contributed by atoms with E-state index in [-0.39, 0.29) is 11.0 Å². The molecule has 1 aromatic carbocycles. The van der Waals surface area contributed by atoms with Crippen LogP contribution < -0.4 is 5.56 Å². The van der Waals surface area contributed by atoms with Crippen molar-refractivity contribution in [1.82, 2.24) is 24.8 Å². The summed E-state index contributed by atoms with van der Waals surface area (Å²) in [6, 6.07) is 9.65. The largest absolute Gasteiger partial charge is 0.411 e. The Balaban J connectivity index is 1.48. The number of aryl methyl sites for hydroxylation is 1. The van der Waals surface area contributed by atoms with Crippen LogP contribution in [0.3, 0.4) is 0 Å². The summed E-state index contributed by atoms with van der Waals surface area (Å²) < 4.78 is 7.13. The van der Waals surface area contributed by atoms with Crippen LogP contribution >= 0.6 is 23.1 Å². The van der Waals surface area contributed by atoms with Gasteiger partial charge in [-0.2, -0.15) is 9.61 Å². The van der Waals surface area contributed by atoms with Crippen molar-refractivity contribution in [2.75, 3.05) is 0 Å². The van der Waals surface area contributed by atoms with Gasteiger partial charge in [-0.15, -0.1) is 10.2 Å². The van der Waals surface area contributed by atoms with Crippen molar-refractivity contribution >= 4 is 28.1 Å². The van der Waals surface area contributed by atoms with Crippen LogP contribution in [0.1, 0.15) is 44.0 Å². The molecule has 29 heavy (non-hydrogen) atoms. The van der Waals surface area contributed by atoms with E-state index < -0.39 is 0 Å². The minimum absolute atomic E-state index is 0.0944. The Morgan fingerprint density at radius 1 is 1.17 bits per heavy atom. The lowest BCUT2D eigenvalue weighted by Crippen LogP contribution is -2.15. The molecule has 0 aliphatic carbocycles. The van der Waals surface area contributed by atoms with Crippen LogP contribution in [0.4, 0.5) is 0 Å². The average molecular weight is 428 g/mol. The minimum atomic E-state index is -0.174. The number of aromatic nitrogens is 5. The van der Waals surface area contributed by atoms with Crippen molar-refractivity contribution in [2.24, 2.45) is 0 Å². The summed E-state index contributed by atoms with van der Waals surface area (Å²) in [6.45, 7) is 8.53. The van der Waals surface area contributed by atoms with Crippen LogP contribution in [-0.2, 0) is 17.6 Å². The summed E-state index contributed by atoms with van der Waals surface area (Å²) in [5.74, 6) is 0.946. The molecular weight excluding hydrogens is 406 g/mol. The van der Waals surface area contributed by atoms with Gasteiger partial charge in [0.05, 0.1) is 5.69 Å². The first-order chi connectivity index (χ1) is 13.8. The maximum atomic E-state index is 12.2. The van der Waals surface area contributed by atoms with Gasteiger partial charge >= 0.3 is 0 Å². The maximum Gasteiger partial charge on any atom is 0.277 e. The van der Waals surface area contributed by atoms with E-state index in [2.05, 4.69) is 53.2 Å². The summed E-state index contributed by atoms with van der Waals surface area (Å²) in [4.78, 5) is 17.4. The second-order valence-corrected chi connectivity index (χ2v) is 9.59. The monoisotopic (exact) mass is 427 g/mol. The van der Waals surface area contributed by atoms with E-state index in [0.717, 1.165) is 17.0 Å². The highest BCUT2D eigenvalue weighted by Crippen LogP contribution is 2.28. The number of hydrogen-bond acceptors (Lipinski definition) is 8. The molecule has 0 bridgehead atoms. The van der Waals surface area contributed by atoms with E-state index in [1.54, 1.807) is 0 Å². The molecule has 0 atom stereocenters. The van der Waals surface area contributed by atoms with E-state index in [1.165, 1.54) is 39.2 Å². The van der Waals surface area contributed by atoms with Crippen molar-refractivity contribution in [2.45, 2.75) is 50.5 Å². The smallest absolute Gasteiger partial charge is 0.277 e. The minimum Gasteiger partial charge on any atom is -0.411 e. The first-order valence-corrected chi connectivity index (χ1v) is 11.1. The van der Waals surface area contributed by atoms with Crippen molar-refractivity contribution in [3.63, 3.8) is 0 Å². The van der Waals surface area contributed by atoms with Gasteiger partial charge in [-0.1, -0.05) is 62.9 Å². The molecular formula is C20H21N5O2S2. The number of thioether (sulfide) groups is 1. The quantitative estimate of drug-likeness (QED) is 0.438. The van der Waals surface area contributed by atoms with E-state index in [1.807, 2.05) is 19.1 Å². The van der Waals surface area contributed by atoms with Crippen LogP contribution in [0.5, 0.6) is 0 Å². The molecule has 0 aliphatic rings. The fraction of sp³-hybridized carbons (Fsp3) is 0.350. The molecule has 7 nitrogen and oxygen atoms in total. The summed E-state index contributed by atoms with van der Waals surface area (Å²) in [6.07, 6.45) is 0.777. The zero-order valence-electron chi connectivity index (χ0n) is 16.7. The highest BCUT2D eigenvalue weighted by molar-refractivity contribution is 7.98. The molecule has 0 aliphatic heterocycles. The third-order valence-electron chi connectivity index (χ3n) is 4.39. The second-order valence-electron chi connectivity index (χ2n) is 7.62. The molecule has 0 saturated heterocycles. The van der Waals surface area contributed by atoms with Gasteiger partial charge < -0.3 is 4.42 Å². The molecule has 0 radical (unpaired) electrons. The lowest BCUT2D eigenvalue weighted by atomic mass is 9.87. The van der Waals surface area contributed by atoms with E-state index >= 15 is 0 Å². The van der Waals surface area contributed by atoms with E-state index in [9.17, 15) is 4.79 Å². The Morgan fingerprint density at radius 3 is 2.62 bits per heavy atom. The molecule has 4 aromatic rings. The molecule has 0 fully saturated rings. The molecule has 3 aromatic heterocycles. The number of rotatable bonds is 5. The Hall–Kier alpha value is -2.52. The number of hydrogen-bond donors (Lipinski definition) is 0. The van der Waals surface area contributed by atoms with Gasteiger partial charge in [0.25, 0.3) is 10.8 Å². The van der Waals surface area contributed by atoms with Gasteiger partial charge in [0, 0.05) is 17.4 Å². The molecule has 9 heteroatoms. The Labute approximate surface area is 176 Å². The highest BCUT2D eigenvalue weighted by atomic mass is 32.2. The molecule has 0 N–H and O–H groups in total. The zero-order valence-corrected chi connectivity index (χ0v) is 18.3. The van der Waals surface area contributed by atoms with Crippen LogP contribution in [0.2, 0.25) is 0 Å². The molecule has 150 valence electrons. The lowest BCUT2D eigenvalue weighted by molar-refractivity contribution is 0.465. The van der Waals surface area contributed by atoms with Gasteiger partial charge in [-0.05, 0) is 29.5 Å². The molecule has 3 heterocycles. The molecule has 0 amide bonds. The van der Waals surface area contributed by atoms with Crippen LogP contribution in [0, 0.1) is 0 Å². The molecule has 0 unspecified atom stereocenters. The topological polar surface area (TPSA) is 86.2 Å². The standard InChI is InChI=1S/C20H21N5O2S2/c1-5-15-24-25-16(26)10-14(21-18(25)29-15)11-28-19-23-22-17(27-19)12-6-8-13(9-7-12)20(2,3)4/h6-10H,5,11H2,1-4H3. The van der Waals surface area contributed by atoms with Gasteiger partial charge in [-0.25, -0.2) is 4.98 Å². The van der Waals surface area contributed by atoms with Gasteiger partial charge in [-0.3, -0.25) is 4.79 Å². The van der Waals surface area contributed by atoms with Crippen LogP contribution in [0.25, 0.3) is 16.4 Å². The third kappa shape index (κ3) is 4.25. The summed E-state index contributed by atoms with van der Waals surface area (Å²) >= 11 is 2.79. The Kier molecular flexibility index (Phi) is 5.26. The summed E-state index contributed by atoms with van der Waals surface area (Å²) in [5, 5.41) is 13.8. The average Bonchev–Trinajstić information content (AvgIpc) is 3.33. The third-order valence-corrected chi connectivity index (χ3v) is 6.30. The van der Waals surface area contributed by atoms with E-state index in [4.69, 9.17) is 4.42 Å². The highest BCUT2D eigenvalue weighted by Gasteiger charge is 2.15. The number of nitrogens with zero attached hydrogens (tertiary/aromatic N) is 5. The van der Waals surface area contributed by atoms with Gasteiger partial charge in [0.2, 0.25) is 10.9 Å². The SMILES string of the molecule is CCc1nn2c(=O)cc(CSc3nnc(-c4ccc(C(C)(C)C)cc4)o3)nc2s1. The summed E-state index contributed by atoms with van der Waals surface area (Å²) in [7, 11) is 0. The predicted octanol–water partition coefficient (Wildman–Crippen LogP) is 4.35. The molecule has 0 spiro atoms. The first kappa shape index (κ1) is 19.8. The number of benzene rings is 1. The lowest BCUT2D eigenvalue weighted by Gasteiger charge is -2.18. The second kappa shape index (κ2) is 7.72. The van der Waals surface area contributed by atoms with Crippen molar-refractivity contribution in [1.29, 1.82) is 0 Å².